The third kappa shape index (κ3) is 4.47. The van der Waals surface area contributed by atoms with Crippen LogP contribution >= 0.6 is 11.6 Å². The molecular formula is C27H31ClO7. The Labute approximate surface area is 210 Å². The van der Waals surface area contributed by atoms with E-state index in [0.29, 0.717) is 16.9 Å². The third-order valence-electron chi connectivity index (χ3n) is 6.92. The lowest BCUT2D eigenvalue weighted by Crippen LogP contribution is -2.47. The van der Waals surface area contributed by atoms with Crippen LogP contribution in [0.1, 0.15) is 50.5 Å². The number of Topliss-reactive ketones (excluding diaryl/α,β-unsaturated/α-hetero) is 1. The number of aromatic hydroxyl groups is 1. The fraction of sp³-hybridized carbons (Fsp3) is 0.481. The van der Waals surface area contributed by atoms with Crippen LogP contribution in [0.3, 0.4) is 0 Å². The second-order valence-corrected chi connectivity index (χ2v) is 11.1. The second kappa shape index (κ2) is 9.03. The fourth-order valence-electron chi connectivity index (χ4n) is 5.03. The van der Waals surface area contributed by atoms with Gasteiger partial charge < -0.3 is 24.4 Å². The number of phenols is 1. The van der Waals surface area contributed by atoms with Crippen molar-refractivity contribution in [1.82, 2.24) is 0 Å². The molecule has 1 aromatic rings. The number of fused-ring (bicyclic) bond motifs is 3. The third-order valence-corrected chi connectivity index (χ3v) is 7.16. The number of ketones is 1. The van der Waals surface area contributed by atoms with Crippen molar-refractivity contribution in [2.75, 3.05) is 6.61 Å². The number of hydrogen-bond donors (Lipinski definition) is 2. The summed E-state index contributed by atoms with van der Waals surface area (Å²) in [7, 11) is 0. The number of hydrogen-bond acceptors (Lipinski definition) is 7. The van der Waals surface area contributed by atoms with Gasteiger partial charge >= 0.3 is 5.97 Å². The first-order valence-electron chi connectivity index (χ1n) is 11.6. The minimum absolute atomic E-state index is 0.0298. The summed E-state index contributed by atoms with van der Waals surface area (Å²) in [5.41, 5.74) is 2.58. The Morgan fingerprint density at radius 3 is 2.63 bits per heavy atom. The molecule has 1 aliphatic carbocycles. The highest BCUT2D eigenvalue weighted by atomic mass is 35.5. The van der Waals surface area contributed by atoms with Crippen molar-refractivity contribution >= 4 is 23.4 Å². The van der Waals surface area contributed by atoms with Crippen molar-refractivity contribution in [2.45, 2.75) is 64.2 Å². The first kappa shape index (κ1) is 25.3. The molecule has 1 aromatic carbocycles. The van der Waals surface area contributed by atoms with Crippen LogP contribution in [-0.4, -0.2) is 51.8 Å². The first-order chi connectivity index (χ1) is 16.3. The number of carbonyl (C=O) groups excluding carboxylic acids is 2. The number of phenolic OH excluding ortho intramolecular Hbond substituents is 1. The molecule has 3 aliphatic rings. The molecule has 0 aromatic heterocycles. The van der Waals surface area contributed by atoms with Gasteiger partial charge in [-0.15, -0.1) is 11.6 Å². The van der Waals surface area contributed by atoms with E-state index in [1.54, 1.807) is 26.0 Å². The molecule has 188 valence electrons. The van der Waals surface area contributed by atoms with Crippen LogP contribution in [0.5, 0.6) is 11.5 Å². The van der Waals surface area contributed by atoms with Crippen molar-refractivity contribution in [3.8, 4) is 11.5 Å². The molecule has 2 heterocycles. The lowest BCUT2D eigenvalue weighted by Gasteiger charge is -2.43. The Kier molecular flexibility index (Phi) is 6.53. The second-order valence-electron chi connectivity index (χ2n) is 10.1. The number of halogens is 1. The lowest BCUT2D eigenvalue weighted by molar-refractivity contribution is -0.147. The molecule has 0 saturated carbocycles. The molecule has 0 radical (unpaired) electrons. The number of ether oxygens (including phenoxy) is 3. The number of esters is 1. The van der Waals surface area contributed by atoms with Crippen LogP contribution in [-0.2, 0) is 20.7 Å². The van der Waals surface area contributed by atoms with E-state index in [0.717, 1.165) is 11.1 Å². The van der Waals surface area contributed by atoms with Crippen molar-refractivity contribution in [2.24, 2.45) is 11.8 Å². The van der Waals surface area contributed by atoms with Gasteiger partial charge in [0.15, 0.2) is 5.78 Å². The van der Waals surface area contributed by atoms with Crippen molar-refractivity contribution in [3.05, 3.63) is 58.4 Å². The Balaban J connectivity index is 1.79. The van der Waals surface area contributed by atoms with E-state index in [-0.39, 0.29) is 41.8 Å². The van der Waals surface area contributed by atoms with Crippen LogP contribution in [0.4, 0.5) is 0 Å². The molecule has 5 atom stereocenters. The fourth-order valence-corrected chi connectivity index (χ4v) is 5.15. The molecule has 0 spiro atoms. The smallest absolute Gasteiger partial charge is 0.302 e. The summed E-state index contributed by atoms with van der Waals surface area (Å²) < 4.78 is 17.8. The number of rotatable bonds is 5. The first-order valence-corrected chi connectivity index (χ1v) is 12.0. The Morgan fingerprint density at radius 1 is 1.34 bits per heavy atom. The van der Waals surface area contributed by atoms with E-state index in [1.807, 2.05) is 13.8 Å². The zero-order valence-corrected chi connectivity index (χ0v) is 21.3. The molecule has 0 amide bonds. The van der Waals surface area contributed by atoms with E-state index in [1.165, 1.54) is 13.0 Å². The topological polar surface area (TPSA) is 102 Å². The Hall–Kier alpha value is -2.77. The quantitative estimate of drug-likeness (QED) is 0.352. The molecule has 0 saturated heterocycles. The predicted octanol–water partition coefficient (Wildman–Crippen LogP) is 4.24. The maximum absolute atomic E-state index is 13.9. The molecule has 2 aliphatic heterocycles. The van der Waals surface area contributed by atoms with Gasteiger partial charge in [0.1, 0.15) is 35.0 Å². The van der Waals surface area contributed by atoms with Gasteiger partial charge in [-0.3, -0.25) is 9.59 Å². The molecule has 4 rings (SSSR count). The highest BCUT2D eigenvalue weighted by Gasteiger charge is 2.49. The molecule has 0 fully saturated rings. The van der Waals surface area contributed by atoms with Gasteiger partial charge in [0.05, 0.1) is 23.5 Å². The normalized spacial score (nSPS) is 26.4. The van der Waals surface area contributed by atoms with Gasteiger partial charge in [-0.1, -0.05) is 18.2 Å². The van der Waals surface area contributed by atoms with Crippen LogP contribution in [0.15, 0.2) is 47.3 Å². The van der Waals surface area contributed by atoms with Crippen LogP contribution < -0.4 is 4.74 Å². The van der Waals surface area contributed by atoms with Crippen LogP contribution in [0.25, 0.3) is 0 Å². The number of aliphatic hydroxyl groups is 1. The summed E-state index contributed by atoms with van der Waals surface area (Å²) in [4.78, 5) is 24.7. The summed E-state index contributed by atoms with van der Waals surface area (Å²) in [5, 5.41) is 21.9. The van der Waals surface area contributed by atoms with E-state index in [9.17, 15) is 19.8 Å². The van der Waals surface area contributed by atoms with E-state index in [2.05, 4.69) is 6.58 Å². The Morgan fingerprint density at radius 2 is 2.03 bits per heavy atom. The molecule has 35 heavy (non-hydrogen) atoms. The largest absolute Gasteiger partial charge is 0.507 e. The number of alkyl halides is 1. The van der Waals surface area contributed by atoms with Gasteiger partial charge in [0.25, 0.3) is 0 Å². The standard InChI is InChI=1S/C27H31ClO7/c1-12(2)16-11-33-25-13(3)9-18-21(22(25)23(16)31)24(32)20-17(30)8-7-15(26(20)35-18)10-19(27(5,6)28)34-14(4)29/h7-9,16,18-19,21,23,30-31H,1,10-11H2,2-6H3/t16-,18?,19+,21?,23-/m1/s1. The van der Waals surface area contributed by atoms with E-state index >= 15 is 0 Å². The molecule has 2 N–H and O–H groups in total. The number of carbonyl (C=O) groups is 2. The SMILES string of the molecule is C=C(C)[C@H]1COC2=C(C3C(=O)c4c(O)ccc(C[C@H](OC(C)=O)C(C)(C)Cl)c4OC3C=C2C)[C@@H]1O. The predicted molar refractivity (Wildman–Crippen MR) is 131 cm³/mol. The molecular weight excluding hydrogens is 472 g/mol. The average molecular weight is 503 g/mol. The van der Waals surface area contributed by atoms with Gasteiger partial charge in [-0.05, 0) is 51.0 Å². The number of allylic oxidation sites excluding steroid dienone is 1. The van der Waals surface area contributed by atoms with E-state index in [4.69, 9.17) is 25.8 Å². The summed E-state index contributed by atoms with van der Waals surface area (Å²) in [6, 6.07) is 3.06. The van der Waals surface area contributed by atoms with Gasteiger partial charge in [0.2, 0.25) is 0 Å². The van der Waals surface area contributed by atoms with Crippen LogP contribution in [0.2, 0.25) is 0 Å². The zero-order chi connectivity index (χ0) is 25.8. The van der Waals surface area contributed by atoms with Crippen LogP contribution in [0, 0.1) is 11.8 Å². The maximum Gasteiger partial charge on any atom is 0.302 e. The van der Waals surface area contributed by atoms with Crippen molar-refractivity contribution in [3.63, 3.8) is 0 Å². The summed E-state index contributed by atoms with van der Waals surface area (Å²) in [6.07, 6.45) is -0.371. The molecule has 2 unspecified atom stereocenters. The molecule has 0 bridgehead atoms. The molecule has 7 nitrogen and oxygen atoms in total. The maximum atomic E-state index is 13.9. The van der Waals surface area contributed by atoms with Gasteiger partial charge in [0, 0.05) is 24.8 Å². The summed E-state index contributed by atoms with van der Waals surface area (Å²) in [6.45, 7) is 12.7. The van der Waals surface area contributed by atoms with Gasteiger partial charge in [-0.25, -0.2) is 0 Å². The lowest BCUT2D eigenvalue weighted by atomic mass is 9.72. The van der Waals surface area contributed by atoms with Crippen molar-refractivity contribution in [1.29, 1.82) is 0 Å². The molecule has 8 heteroatoms. The van der Waals surface area contributed by atoms with Gasteiger partial charge in [-0.2, -0.15) is 0 Å². The summed E-state index contributed by atoms with van der Waals surface area (Å²) >= 11 is 6.50. The zero-order valence-electron chi connectivity index (χ0n) is 20.6. The highest BCUT2D eigenvalue weighted by molar-refractivity contribution is 6.24. The Bertz CT molecular complexity index is 1160. The van der Waals surface area contributed by atoms with E-state index < -0.39 is 35.1 Å². The highest BCUT2D eigenvalue weighted by Crippen LogP contribution is 2.48. The minimum Gasteiger partial charge on any atom is -0.507 e. The number of benzene rings is 1. The average Bonchev–Trinajstić information content (AvgIpc) is 2.74. The monoisotopic (exact) mass is 502 g/mol. The minimum atomic E-state index is -0.961. The summed E-state index contributed by atoms with van der Waals surface area (Å²) in [5.74, 6) is -1.56. The number of aliphatic hydroxyl groups excluding tert-OH is 1. The van der Waals surface area contributed by atoms with Crippen molar-refractivity contribution < 1.29 is 34.0 Å².